The Labute approximate surface area is 185 Å². The molecule has 0 aromatic rings. The van der Waals surface area contributed by atoms with Crippen LogP contribution in [0.25, 0.3) is 0 Å². The summed E-state index contributed by atoms with van der Waals surface area (Å²) in [5.74, 6) is 2.03. The number of hydrogen-bond donors (Lipinski definition) is 0. The van der Waals surface area contributed by atoms with E-state index in [1.165, 1.54) is 39.3 Å². The zero-order valence-electron chi connectivity index (χ0n) is 18.8. The van der Waals surface area contributed by atoms with Crippen LogP contribution in [-0.2, 0) is 0 Å². The zero-order chi connectivity index (χ0) is 21.5. The second-order valence-corrected chi connectivity index (χ2v) is 11.2. The van der Waals surface area contributed by atoms with E-state index >= 15 is 0 Å². The molecule has 0 saturated carbocycles. The van der Waals surface area contributed by atoms with Gasteiger partial charge in [0, 0.05) is 29.5 Å². The van der Waals surface area contributed by atoms with Gasteiger partial charge in [-0.3, -0.25) is 0 Å². The van der Waals surface area contributed by atoms with Crippen molar-refractivity contribution in [2.45, 2.75) is 54.9 Å². The summed E-state index contributed by atoms with van der Waals surface area (Å²) in [6.07, 6.45) is 7.04. The summed E-state index contributed by atoms with van der Waals surface area (Å²) in [6, 6.07) is 0. The van der Waals surface area contributed by atoms with Gasteiger partial charge in [0.15, 0.2) is 0 Å². The molecule has 0 spiro atoms. The minimum atomic E-state index is 0.218. The zero-order valence-corrected chi connectivity index (χ0v) is 21.3. The Balaban J connectivity index is 3.32. The maximum absolute atomic E-state index is 4.66. The first-order valence-electron chi connectivity index (χ1n) is 9.54. The van der Waals surface area contributed by atoms with Gasteiger partial charge in [-0.15, -0.1) is 11.8 Å². The lowest BCUT2D eigenvalue weighted by Gasteiger charge is -2.39. The summed E-state index contributed by atoms with van der Waals surface area (Å²) >= 11 is 4.96. The van der Waals surface area contributed by atoms with E-state index < -0.39 is 0 Å². The molecule has 1 aliphatic rings. The molecule has 5 heteroatoms. The highest BCUT2D eigenvalue weighted by atomic mass is 32.2. The Bertz CT molecular complexity index is 717. The van der Waals surface area contributed by atoms with Crippen LogP contribution in [0.2, 0.25) is 0 Å². The van der Waals surface area contributed by atoms with Gasteiger partial charge in [0.25, 0.3) is 0 Å². The van der Waals surface area contributed by atoms with Gasteiger partial charge in [0.2, 0.25) is 0 Å². The Kier molecular flexibility index (Phi) is 9.92. The van der Waals surface area contributed by atoms with E-state index in [9.17, 15) is 0 Å². The summed E-state index contributed by atoms with van der Waals surface area (Å²) < 4.78 is 8.53. The van der Waals surface area contributed by atoms with Crippen molar-refractivity contribution >= 4 is 48.1 Å². The fraction of sp³-hybridized carbons (Fsp3) is 0.565. The highest BCUT2D eigenvalue weighted by molar-refractivity contribution is 8.03. The van der Waals surface area contributed by atoms with Crippen molar-refractivity contribution in [3.05, 3.63) is 45.9 Å². The molecule has 1 aliphatic carbocycles. The molecule has 2 nitrogen and oxygen atoms in total. The fourth-order valence-electron chi connectivity index (χ4n) is 2.67. The van der Waals surface area contributed by atoms with Crippen LogP contribution in [-0.4, -0.2) is 30.2 Å². The van der Waals surface area contributed by atoms with Crippen LogP contribution < -0.4 is 0 Å². The first-order chi connectivity index (χ1) is 13.0. The lowest BCUT2D eigenvalue weighted by atomic mass is 9.71. The molecule has 156 valence electrons. The Morgan fingerprint density at radius 3 is 2.29 bits per heavy atom. The second kappa shape index (κ2) is 10.9. The van der Waals surface area contributed by atoms with Gasteiger partial charge in [-0.2, -0.15) is 16.2 Å². The van der Waals surface area contributed by atoms with E-state index in [2.05, 4.69) is 82.9 Å². The molecule has 0 aliphatic heterocycles. The summed E-state index contributed by atoms with van der Waals surface area (Å²) in [5, 5.41) is 0. The maximum Gasteiger partial charge on any atom is 0.114 e. The van der Waals surface area contributed by atoms with Crippen molar-refractivity contribution in [3.8, 4) is 0 Å². The van der Waals surface area contributed by atoms with Gasteiger partial charge in [0.05, 0.1) is 5.71 Å². The van der Waals surface area contributed by atoms with Crippen molar-refractivity contribution in [1.82, 2.24) is 0 Å². The molecule has 0 N–H and O–H groups in total. The van der Waals surface area contributed by atoms with Crippen LogP contribution in [0, 0.1) is 10.8 Å². The Morgan fingerprint density at radius 1 is 1.14 bits per heavy atom. The molecule has 0 atom stereocenters. The number of allylic oxidation sites excluding steroid dienone is 5. The van der Waals surface area contributed by atoms with E-state index in [1.807, 2.05) is 29.6 Å². The molecule has 0 saturated heterocycles. The number of nitrogens with zero attached hydrogens (tertiary/aromatic N) is 2. The third-order valence-electron chi connectivity index (χ3n) is 5.84. The molecule has 0 aromatic carbocycles. The van der Waals surface area contributed by atoms with Crippen molar-refractivity contribution in [2.24, 2.45) is 19.6 Å². The predicted molar refractivity (Wildman–Crippen MR) is 137 cm³/mol. The van der Waals surface area contributed by atoms with Gasteiger partial charge in [-0.05, 0) is 59.3 Å². The quantitative estimate of drug-likeness (QED) is 0.208. The molecule has 0 radical (unpaired) electrons. The first-order valence-corrected chi connectivity index (χ1v) is 12.6. The van der Waals surface area contributed by atoms with Crippen LogP contribution in [0.1, 0.15) is 54.9 Å². The normalized spacial score (nSPS) is 18.1. The van der Waals surface area contributed by atoms with Crippen LogP contribution in [0.3, 0.4) is 0 Å². The van der Waals surface area contributed by atoms with Crippen LogP contribution in [0.15, 0.2) is 54.7 Å². The smallest absolute Gasteiger partial charge is 0.114 e. The van der Waals surface area contributed by atoms with Gasteiger partial charge in [-0.25, -0.2) is 4.40 Å². The molecule has 0 unspecified atom stereocenters. The number of rotatable bonds is 9. The second-order valence-electron chi connectivity index (χ2n) is 8.75. The van der Waals surface area contributed by atoms with Crippen molar-refractivity contribution in [2.75, 3.05) is 17.8 Å². The van der Waals surface area contributed by atoms with Crippen molar-refractivity contribution < 1.29 is 0 Å². The molecule has 28 heavy (non-hydrogen) atoms. The van der Waals surface area contributed by atoms with E-state index in [-0.39, 0.29) is 10.8 Å². The minimum absolute atomic E-state index is 0.218. The molecule has 0 bridgehead atoms. The van der Waals surface area contributed by atoms with E-state index in [4.69, 9.17) is 0 Å². The third kappa shape index (κ3) is 6.43. The van der Waals surface area contributed by atoms with Crippen LogP contribution >= 0.6 is 35.7 Å². The molecule has 0 heterocycles. The van der Waals surface area contributed by atoms with Crippen molar-refractivity contribution in [1.29, 1.82) is 0 Å². The fourth-order valence-corrected chi connectivity index (χ4v) is 5.21. The van der Waals surface area contributed by atoms with E-state index in [0.717, 1.165) is 23.6 Å². The SMILES string of the molecule is C=C/C=C(\SCC(C)(C)C(C)(C)C)C1=C(C)C(C)=C(CSC)C(=NSN=C)C1. The van der Waals surface area contributed by atoms with Gasteiger partial charge >= 0.3 is 0 Å². The lowest BCUT2D eigenvalue weighted by Crippen LogP contribution is -2.32. The topological polar surface area (TPSA) is 24.7 Å². The number of thioether (sulfide) groups is 2. The maximum atomic E-state index is 4.66. The lowest BCUT2D eigenvalue weighted by molar-refractivity contribution is 0.163. The molecular formula is C23H36N2S3. The Hall–Kier alpha value is -0.650. The third-order valence-corrected chi connectivity index (χ3v) is 8.40. The van der Waals surface area contributed by atoms with Crippen molar-refractivity contribution in [3.63, 3.8) is 0 Å². The summed E-state index contributed by atoms with van der Waals surface area (Å²) in [7, 11) is 0. The number of hydrogen-bond acceptors (Lipinski definition) is 5. The molecular weight excluding hydrogens is 400 g/mol. The Morgan fingerprint density at radius 2 is 1.79 bits per heavy atom. The summed E-state index contributed by atoms with van der Waals surface area (Å²) in [4.78, 5) is 1.30. The first kappa shape index (κ1) is 25.4. The highest BCUT2D eigenvalue weighted by Gasteiger charge is 2.33. The average molecular weight is 437 g/mol. The van der Waals surface area contributed by atoms with Gasteiger partial charge < -0.3 is 0 Å². The summed E-state index contributed by atoms with van der Waals surface area (Å²) in [6.45, 7) is 23.7. The highest BCUT2D eigenvalue weighted by Crippen LogP contribution is 2.45. The monoisotopic (exact) mass is 436 g/mol. The predicted octanol–water partition coefficient (Wildman–Crippen LogP) is 7.97. The minimum Gasteiger partial charge on any atom is -0.210 e. The van der Waals surface area contributed by atoms with E-state index in [0.29, 0.717) is 0 Å². The standard InChI is InChI=1S/C23H36N2S3/c1-11-12-21(27-15-23(7,8)22(4,5)6)18-13-20(25-28-24-9)19(14-26-10)17(3)16(18)2/h11-12H,1,9,13-15H2,2-8,10H3/b21-12-,25-20?. The molecule has 0 aromatic heterocycles. The molecule has 1 rings (SSSR count). The molecule has 0 fully saturated rings. The average Bonchev–Trinajstić information content (AvgIpc) is 2.61. The van der Waals surface area contributed by atoms with Gasteiger partial charge in [0.1, 0.15) is 12.1 Å². The largest absolute Gasteiger partial charge is 0.210 e. The summed E-state index contributed by atoms with van der Waals surface area (Å²) in [5.41, 5.74) is 6.99. The molecule has 0 amide bonds. The van der Waals surface area contributed by atoms with Crippen LogP contribution in [0.4, 0.5) is 0 Å². The van der Waals surface area contributed by atoms with Gasteiger partial charge in [-0.1, -0.05) is 47.3 Å². The van der Waals surface area contributed by atoms with E-state index in [1.54, 1.807) is 0 Å². The van der Waals surface area contributed by atoms with Crippen LogP contribution in [0.5, 0.6) is 0 Å².